The minimum atomic E-state index is -0.415. The molecule has 2 amide bonds. The number of nitrogens with one attached hydrogen (secondary N) is 1. The number of nitrogens with zero attached hydrogens (tertiary/aromatic N) is 3. The lowest BCUT2D eigenvalue weighted by atomic mass is 9.87. The zero-order valence-electron chi connectivity index (χ0n) is 21.0. The van der Waals surface area contributed by atoms with Crippen LogP contribution in [0, 0.1) is 5.82 Å². The van der Waals surface area contributed by atoms with E-state index >= 15 is 0 Å². The number of benzene rings is 2. The van der Waals surface area contributed by atoms with Crippen LogP contribution in [0.3, 0.4) is 0 Å². The number of halogens is 2. The minimum absolute atomic E-state index is 0.0768. The van der Waals surface area contributed by atoms with Crippen molar-refractivity contribution >= 4 is 41.0 Å². The van der Waals surface area contributed by atoms with Gasteiger partial charge in [-0.3, -0.25) is 14.5 Å². The first-order valence-electron chi connectivity index (χ1n) is 11.8. The number of thioether (sulfide) groups is 1. The Hall–Kier alpha value is -2.84. The number of hydrogen-bond donors (Lipinski definition) is 1. The molecule has 0 saturated carbocycles. The fourth-order valence-corrected chi connectivity index (χ4v) is 5.71. The number of fused-ring (bicyclic) bond motifs is 1. The largest absolute Gasteiger partial charge is 0.352 e. The lowest BCUT2D eigenvalue weighted by molar-refractivity contribution is -0.123. The Bertz CT molecular complexity index is 1300. The third-order valence-electron chi connectivity index (χ3n) is 5.78. The van der Waals surface area contributed by atoms with E-state index in [0.717, 1.165) is 16.8 Å². The van der Waals surface area contributed by atoms with Crippen molar-refractivity contribution in [3.8, 4) is 5.69 Å². The smallest absolute Gasteiger partial charge is 0.240 e. The van der Waals surface area contributed by atoms with Gasteiger partial charge in [-0.1, -0.05) is 56.6 Å². The summed E-state index contributed by atoms with van der Waals surface area (Å²) in [7, 11) is 0. The molecule has 0 saturated heterocycles. The Morgan fingerprint density at radius 3 is 2.58 bits per heavy atom. The molecule has 1 atom stereocenters. The quantitative estimate of drug-likeness (QED) is 0.464. The molecule has 2 aromatic carbocycles. The van der Waals surface area contributed by atoms with Crippen LogP contribution in [-0.4, -0.2) is 39.9 Å². The summed E-state index contributed by atoms with van der Waals surface area (Å²) >= 11 is 8.01. The molecule has 0 bridgehead atoms. The second kappa shape index (κ2) is 10.3. The van der Waals surface area contributed by atoms with Gasteiger partial charge in [-0.2, -0.15) is 5.10 Å². The SMILES string of the molecule is CC(C)NC(=O)CN1C(=O)CSC(c2cccc(F)c2)c2c(C(C)(C)C)nn(-c3ccccc3Cl)c21. The van der Waals surface area contributed by atoms with E-state index in [1.165, 1.54) is 28.8 Å². The van der Waals surface area contributed by atoms with Gasteiger partial charge in [-0.05, 0) is 43.7 Å². The van der Waals surface area contributed by atoms with Gasteiger partial charge in [0, 0.05) is 17.0 Å². The van der Waals surface area contributed by atoms with Crippen molar-refractivity contribution in [2.75, 3.05) is 17.2 Å². The number of amides is 2. The van der Waals surface area contributed by atoms with Crippen molar-refractivity contribution < 1.29 is 14.0 Å². The molecule has 190 valence electrons. The van der Waals surface area contributed by atoms with Crippen LogP contribution in [-0.2, 0) is 15.0 Å². The van der Waals surface area contributed by atoms with Gasteiger partial charge in [0.25, 0.3) is 0 Å². The van der Waals surface area contributed by atoms with Crippen LogP contribution in [0.5, 0.6) is 0 Å². The van der Waals surface area contributed by atoms with Crippen LogP contribution in [0.15, 0.2) is 48.5 Å². The first-order chi connectivity index (χ1) is 17.0. The zero-order chi connectivity index (χ0) is 26.2. The van der Waals surface area contributed by atoms with Gasteiger partial charge in [0.15, 0.2) is 0 Å². The summed E-state index contributed by atoms with van der Waals surface area (Å²) in [4.78, 5) is 27.9. The van der Waals surface area contributed by atoms with E-state index in [1.807, 2.05) is 58.9 Å². The fraction of sp³-hybridized carbons (Fsp3) is 0.370. The second-order valence-corrected chi connectivity index (χ2v) is 11.6. The predicted molar refractivity (Wildman–Crippen MR) is 144 cm³/mol. The highest BCUT2D eigenvalue weighted by Crippen LogP contribution is 2.48. The molecule has 4 rings (SSSR count). The number of anilines is 1. The van der Waals surface area contributed by atoms with Gasteiger partial charge in [-0.25, -0.2) is 9.07 Å². The van der Waals surface area contributed by atoms with Gasteiger partial charge >= 0.3 is 0 Å². The molecule has 9 heteroatoms. The van der Waals surface area contributed by atoms with Gasteiger partial charge in [-0.15, -0.1) is 11.8 Å². The average molecular weight is 529 g/mol. The molecule has 3 aromatic rings. The summed E-state index contributed by atoms with van der Waals surface area (Å²) in [6.45, 7) is 9.71. The maximum Gasteiger partial charge on any atom is 0.240 e. The number of para-hydroxylation sites is 1. The van der Waals surface area contributed by atoms with Crippen LogP contribution in [0.25, 0.3) is 5.69 Å². The third-order valence-corrected chi connectivity index (χ3v) is 7.36. The molecule has 2 heterocycles. The standard InChI is InChI=1S/C27H30ClFN4O2S/c1-16(2)30-21(34)14-32-22(35)15-36-24(17-9-8-10-18(29)13-17)23-25(27(3,4)5)31-33(26(23)32)20-12-7-6-11-19(20)28/h6-13,16,24H,14-15H2,1-5H3,(H,30,34). The normalized spacial score (nSPS) is 16.2. The highest BCUT2D eigenvalue weighted by atomic mass is 35.5. The Morgan fingerprint density at radius 2 is 1.94 bits per heavy atom. The fourth-order valence-electron chi connectivity index (χ4n) is 4.31. The van der Waals surface area contributed by atoms with E-state index in [2.05, 4.69) is 5.32 Å². The summed E-state index contributed by atoms with van der Waals surface area (Å²) in [5.74, 6) is -0.252. The lowest BCUT2D eigenvalue weighted by Gasteiger charge is -2.25. The molecular formula is C27H30ClFN4O2S. The highest BCUT2D eigenvalue weighted by Gasteiger charge is 2.40. The van der Waals surface area contributed by atoms with Crippen LogP contribution in [0.2, 0.25) is 5.02 Å². The van der Waals surface area contributed by atoms with Crippen molar-refractivity contribution in [1.29, 1.82) is 0 Å². The van der Waals surface area contributed by atoms with E-state index in [9.17, 15) is 14.0 Å². The van der Waals surface area contributed by atoms with Gasteiger partial charge in [0.2, 0.25) is 11.8 Å². The maximum atomic E-state index is 14.3. The highest BCUT2D eigenvalue weighted by molar-refractivity contribution is 8.00. The van der Waals surface area contributed by atoms with E-state index in [4.69, 9.17) is 16.7 Å². The van der Waals surface area contributed by atoms with Crippen molar-refractivity contribution in [3.05, 3.63) is 76.2 Å². The van der Waals surface area contributed by atoms with Crippen LogP contribution in [0.4, 0.5) is 10.2 Å². The first-order valence-corrected chi connectivity index (χ1v) is 13.2. The summed E-state index contributed by atoms with van der Waals surface area (Å²) in [6.07, 6.45) is 0. The number of carbonyl (C=O) groups is 2. The molecular weight excluding hydrogens is 499 g/mol. The Kier molecular flexibility index (Phi) is 7.48. The number of hydrogen-bond acceptors (Lipinski definition) is 4. The van der Waals surface area contributed by atoms with E-state index in [1.54, 1.807) is 16.8 Å². The van der Waals surface area contributed by atoms with E-state index in [-0.39, 0.29) is 41.2 Å². The predicted octanol–water partition coefficient (Wildman–Crippen LogP) is 5.66. The third kappa shape index (κ3) is 5.30. The lowest BCUT2D eigenvalue weighted by Crippen LogP contribution is -2.44. The molecule has 36 heavy (non-hydrogen) atoms. The van der Waals surface area contributed by atoms with Crippen molar-refractivity contribution in [3.63, 3.8) is 0 Å². The number of carbonyl (C=O) groups excluding carboxylic acids is 2. The molecule has 6 nitrogen and oxygen atoms in total. The summed E-state index contributed by atoms with van der Waals surface area (Å²) < 4.78 is 16.0. The molecule has 1 N–H and O–H groups in total. The molecule has 0 fully saturated rings. The number of aromatic nitrogens is 2. The maximum absolute atomic E-state index is 14.3. The average Bonchev–Trinajstić information content (AvgIpc) is 3.11. The molecule has 1 unspecified atom stereocenters. The Morgan fingerprint density at radius 1 is 1.22 bits per heavy atom. The summed E-state index contributed by atoms with van der Waals surface area (Å²) in [5.41, 5.74) is 2.44. The van der Waals surface area contributed by atoms with Gasteiger partial charge in [0.1, 0.15) is 18.2 Å². The molecule has 0 aliphatic carbocycles. The molecule has 1 aromatic heterocycles. The monoisotopic (exact) mass is 528 g/mol. The van der Waals surface area contributed by atoms with Crippen molar-refractivity contribution in [1.82, 2.24) is 15.1 Å². The number of rotatable bonds is 5. The van der Waals surface area contributed by atoms with Crippen LogP contribution < -0.4 is 10.2 Å². The van der Waals surface area contributed by atoms with Gasteiger partial charge < -0.3 is 5.32 Å². The Balaban J connectivity index is 2.03. The summed E-state index contributed by atoms with van der Waals surface area (Å²) in [6, 6.07) is 13.6. The minimum Gasteiger partial charge on any atom is -0.352 e. The Labute approximate surface area is 220 Å². The van der Waals surface area contributed by atoms with Crippen LogP contribution >= 0.6 is 23.4 Å². The van der Waals surface area contributed by atoms with Crippen molar-refractivity contribution in [2.24, 2.45) is 0 Å². The molecule has 0 spiro atoms. The molecule has 1 aliphatic heterocycles. The van der Waals surface area contributed by atoms with Crippen molar-refractivity contribution in [2.45, 2.75) is 51.3 Å². The molecule has 1 aliphatic rings. The molecule has 0 radical (unpaired) electrons. The topological polar surface area (TPSA) is 67.2 Å². The van der Waals surface area contributed by atoms with Gasteiger partial charge in [0.05, 0.1) is 27.4 Å². The first kappa shape index (κ1) is 26.2. The van der Waals surface area contributed by atoms with E-state index in [0.29, 0.717) is 16.5 Å². The second-order valence-electron chi connectivity index (χ2n) is 10.1. The zero-order valence-corrected chi connectivity index (χ0v) is 22.6. The van der Waals surface area contributed by atoms with Crippen LogP contribution in [0.1, 0.15) is 56.7 Å². The van der Waals surface area contributed by atoms with E-state index < -0.39 is 5.41 Å². The summed E-state index contributed by atoms with van der Waals surface area (Å²) in [5, 5.41) is 7.95.